The molecule has 0 aliphatic rings. The first-order valence-electron chi connectivity index (χ1n) is 9.94. The van der Waals surface area contributed by atoms with Crippen LogP contribution in [0.2, 0.25) is 0 Å². The maximum absolute atomic E-state index is 10.2. The van der Waals surface area contributed by atoms with Gasteiger partial charge in [-0.15, -0.1) is 0 Å². The Morgan fingerprint density at radius 2 is 1.53 bits per heavy atom. The highest BCUT2D eigenvalue weighted by Gasteiger charge is 2.10. The molecule has 0 amide bonds. The second kappa shape index (κ2) is 9.18. The van der Waals surface area contributed by atoms with E-state index in [0.29, 0.717) is 17.1 Å². The molecule has 160 valence electrons. The summed E-state index contributed by atoms with van der Waals surface area (Å²) in [6.45, 7) is 1.63. The molecule has 0 aliphatic carbocycles. The van der Waals surface area contributed by atoms with Gasteiger partial charge in [0.15, 0.2) is 0 Å². The molecule has 0 saturated heterocycles. The van der Waals surface area contributed by atoms with Crippen molar-refractivity contribution < 1.29 is 14.9 Å². The molecule has 4 rings (SSSR count). The third-order valence-electron chi connectivity index (χ3n) is 4.98. The molecule has 4 aromatic rings. The number of anilines is 1. The summed E-state index contributed by atoms with van der Waals surface area (Å²) in [5.41, 5.74) is 7.02. The zero-order chi connectivity index (χ0) is 22.5. The van der Waals surface area contributed by atoms with E-state index in [1.54, 1.807) is 20.1 Å². The number of methoxy groups -OCH3 is 1. The lowest BCUT2D eigenvalue weighted by Crippen LogP contribution is -2.00. The molecule has 0 unspecified atom stereocenters. The molecule has 1 aromatic heterocycles. The topological polar surface area (TPSA) is 99.9 Å². The van der Waals surface area contributed by atoms with Crippen molar-refractivity contribution in [2.45, 2.75) is 6.92 Å². The maximum atomic E-state index is 10.2. The Kier molecular flexibility index (Phi) is 5.98. The zero-order valence-corrected chi connectivity index (χ0v) is 17.6. The Morgan fingerprint density at radius 3 is 2.19 bits per heavy atom. The van der Waals surface area contributed by atoms with Crippen LogP contribution >= 0.6 is 0 Å². The first-order chi connectivity index (χ1) is 15.5. The van der Waals surface area contributed by atoms with E-state index in [1.165, 1.54) is 12.3 Å². The van der Waals surface area contributed by atoms with Gasteiger partial charge in [-0.05, 0) is 49.4 Å². The summed E-state index contributed by atoms with van der Waals surface area (Å²) in [5.74, 6) is 1.06. The number of rotatable bonds is 6. The van der Waals surface area contributed by atoms with Crippen LogP contribution in [0, 0.1) is 6.92 Å². The lowest BCUT2D eigenvalue weighted by Gasteiger charge is -2.09. The van der Waals surface area contributed by atoms with E-state index in [4.69, 9.17) is 4.74 Å². The normalized spacial score (nSPS) is 10.9. The lowest BCUT2D eigenvalue weighted by molar-refractivity contribution is 0.415. The third kappa shape index (κ3) is 4.52. The minimum Gasteiger partial charge on any atom is -0.508 e. The molecule has 3 N–H and O–H groups in total. The molecule has 32 heavy (non-hydrogen) atoms. The Morgan fingerprint density at radius 1 is 0.875 bits per heavy atom. The number of benzene rings is 3. The molecule has 1 heterocycles. The fourth-order valence-corrected chi connectivity index (χ4v) is 3.14. The predicted octanol–water partition coefficient (Wildman–Crippen LogP) is 4.98. The van der Waals surface area contributed by atoms with Gasteiger partial charge in [-0.25, -0.2) is 15.4 Å². The number of hydrogen-bond acceptors (Lipinski definition) is 7. The van der Waals surface area contributed by atoms with Crippen molar-refractivity contribution in [3.05, 3.63) is 83.9 Å². The monoisotopic (exact) mass is 426 g/mol. The Bertz CT molecular complexity index is 1260. The molecule has 0 fully saturated rings. The predicted molar refractivity (Wildman–Crippen MR) is 125 cm³/mol. The Hall–Kier alpha value is -4.39. The van der Waals surface area contributed by atoms with Crippen LogP contribution in [0.1, 0.15) is 11.1 Å². The number of nitrogens with one attached hydrogen (secondary N) is 1. The van der Waals surface area contributed by atoms with Crippen LogP contribution in [0.15, 0.2) is 77.9 Å². The van der Waals surface area contributed by atoms with Crippen LogP contribution in [-0.2, 0) is 0 Å². The van der Waals surface area contributed by atoms with E-state index in [9.17, 15) is 10.2 Å². The van der Waals surface area contributed by atoms with Gasteiger partial charge in [-0.3, -0.25) is 0 Å². The molecule has 0 spiro atoms. The molecular formula is C25H22N4O3. The summed E-state index contributed by atoms with van der Waals surface area (Å²) in [6.07, 6.45) is 1.45. The van der Waals surface area contributed by atoms with Crippen molar-refractivity contribution in [3.8, 4) is 39.8 Å². The molecule has 0 atom stereocenters. The summed E-state index contributed by atoms with van der Waals surface area (Å²) < 4.78 is 5.24. The fraction of sp³-hybridized carbons (Fsp3) is 0.0800. The van der Waals surface area contributed by atoms with Crippen LogP contribution in [0.5, 0.6) is 17.2 Å². The molecule has 0 bridgehead atoms. The van der Waals surface area contributed by atoms with Crippen LogP contribution in [-0.4, -0.2) is 33.5 Å². The van der Waals surface area contributed by atoms with E-state index in [2.05, 4.69) is 20.5 Å². The van der Waals surface area contributed by atoms with Gasteiger partial charge < -0.3 is 14.9 Å². The van der Waals surface area contributed by atoms with Gasteiger partial charge in [0.05, 0.1) is 24.7 Å². The van der Waals surface area contributed by atoms with Crippen LogP contribution in [0.4, 0.5) is 5.95 Å². The van der Waals surface area contributed by atoms with Gasteiger partial charge >= 0.3 is 0 Å². The third-order valence-corrected chi connectivity index (χ3v) is 4.98. The lowest BCUT2D eigenvalue weighted by atomic mass is 10.1. The summed E-state index contributed by atoms with van der Waals surface area (Å²) in [7, 11) is 1.63. The quantitative estimate of drug-likeness (QED) is 0.297. The highest BCUT2D eigenvalue weighted by Crippen LogP contribution is 2.29. The molecule has 0 aliphatic heterocycles. The van der Waals surface area contributed by atoms with Crippen LogP contribution < -0.4 is 10.2 Å². The molecule has 3 aromatic carbocycles. The van der Waals surface area contributed by atoms with Gasteiger partial charge in [0.2, 0.25) is 5.95 Å². The van der Waals surface area contributed by atoms with E-state index in [1.807, 2.05) is 60.7 Å². The summed E-state index contributed by atoms with van der Waals surface area (Å²) in [4.78, 5) is 9.18. The number of phenols is 2. The maximum Gasteiger partial charge on any atom is 0.244 e. The number of phenolic OH excluding ortho intramolecular Hbond substituents is 2. The van der Waals surface area contributed by atoms with E-state index in [-0.39, 0.29) is 11.5 Å². The number of nitrogens with zero attached hydrogens (tertiary/aromatic N) is 3. The van der Waals surface area contributed by atoms with E-state index >= 15 is 0 Å². The van der Waals surface area contributed by atoms with Crippen molar-refractivity contribution in [1.82, 2.24) is 9.97 Å². The second-order valence-corrected chi connectivity index (χ2v) is 7.07. The number of aromatic hydroxyl groups is 2. The van der Waals surface area contributed by atoms with Gasteiger partial charge in [0.1, 0.15) is 17.2 Å². The molecular weight excluding hydrogens is 404 g/mol. The highest BCUT2D eigenvalue weighted by atomic mass is 16.5. The summed E-state index contributed by atoms with van der Waals surface area (Å²) in [6, 6.07) is 22.4. The number of hydrogen-bond donors (Lipinski definition) is 3. The first-order valence-corrected chi connectivity index (χ1v) is 9.94. The summed E-state index contributed by atoms with van der Waals surface area (Å²) in [5, 5.41) is 24.1. The Balaban J connectivity index is 1.68. The average Bonchev–Trinajstić information content (AvgIpc) is 2.84. The van der Waals surface area contributed by atoms with Gasteiger partial charge in [0.25, 0.3) is 0 Å². The van der Waals surface area contributed by atoms with Crippen molar-refractivity contribution >= 4 is 12.2 Å². The highest BCUT2D eigenvalue weighted by molar-refractivity contribution is 5.85. The largest absolute Gasteiger partial charge is 0.508 e. The number of ether oxygens (including phenoxy) is 1. The minimum atomic E-state index is -0.0339. The molecule has 0 saturated carbocycles. The number of hydrazone groups is 1. The summed E-state index contributed by atoms with van der Waals surface area (Å²) >= 11 is 0. The smallest absolute Gasteiger partial charge is 0.244 e. The van der Waals surface area contributed by atoms with Crippen molar-refractivity contribution in [3.63, 3.8) is 0 Å². The fourth-order valence-electron chi connectivity index (χ4n) is 3.14. The van der Waals surface area contributed by atoms with Crippen molar-refractivity contribution in [1.29, 1.82) is 0 Å². The number of aromatic nitrogens is 2. The average molecular weight is 426 g/mol. The van der Waals surface area contributed by atoms with Crippen LogP contribution in [0.25, 0.3) is 22.5 Å². The zero-order valence-electron chi connectivity index (χ0n) is 17.6. The molecule has 0 radical (unpaired) electrons. The first kappa shape index (κ1) is 20.9. The standard InChI is InChI=1S/C25H22N4O3/c1-16-23(30)13-10-19(24(16)31)15-26-29-25-27-21(17-6-4-3-5-7-17)14-22(28-25)18-8-11-20(32-2)12-9-18/h3-15,30-31H,1-2H3,(H,27,28,29). The minimum absolute atomic E-state index is 0.0237. The van der Waals surface area contributed by atoms with Gasteiger partial charge in [-0.2, -0.15) is 5.10 Å². The van der Waals surface area contributed by atoms with Crippen molar-refractivity contribution in [2.24, 2.45) is 5.10 Å². The molecule has 7 heteroatoms. The Labute approximate surface area is 185 Å². The van der Waals surface area contributed by atoms with E-state index in [0.717, 1.165) is 28.3 Å². The van der Waals surface area contributed by atoms with Gasteiger partial charge in [0, 0.05) is 22.3 Å². The molecule has 7 nitrogen and oxygen atoms in total. The van der Waals surface area contributed by atoms with Crippen LogP contribution in [0.3, 0.4) is 0 Å². The second-order valence-electron chi connectivity index (χ2n) is 7.07. The van der Waals surface area contributed by atoms with Crippen molar-refractivity contribution in [2.75, 3.05) is 12.5 Å². The van der Waals surface area contributed by atoms with E-state index < -0.39 is 0 Å². The SMILES string of the molecule is COc1ccc(-c2cc(-c3ccccc3)nc(NN=Cc3ccc(O)c(C)c3O)n2)cc1. The van der Waals surface area contributed by atoms with Gasteiger partial charge in [-0.1, -0.05) is 30.3 Å².